The number of anilines is 1. The van der Waals surface area contributed by atoms with Gasteiger partial charge in [-0.3, -0.25) is 0 Å². The third kappa shape index (κ3) is 6.25. The van der Waals surface area contributed by atoms with E-state index in [0.717, 1.165) is 36.8 Å². The highest BCUT2D eigenvalue weighted by Crippen LogP contribution is 2.24. The highest BCUT2D eigenvalue weighted by Gasteiger charge is 2.14. The summed E-state index contributed by atoms with van der Waals surface area (Å²) in [5.74, 6) is 0.814. The van der Waals surface area contributed by atoms with E-state index < -0.39 is 0 Å². The minimum atomic E-state index is 0. The van der Waals surface area contributed by atoms with Crippen LogP contribution in [0.15, 0.2) is 72.0 Å². The van der Waals surface area contributed by atoms with Crippen molar-refractivity contribution in [1.29, 1.82) is 0 Å². The van der Waals surface area contributed by atoms with Crippen LogP contribution in [0.4, 0.5) is 5.69 Å². The van der Waals surface area contributed by atoms with Gasteiger partial charge in [0.2, 0.25) is 0 Å². The fraction of sp³-hybridized carbons (Fsp3) is 0.360. The van der Waals surface area contributed by atoms with Crippen LogP contribution >= 0.6 is 24.0 Å². The van der Waals surface area contributed by atoms with Crippen LogP contribution in [0.1, 0.15) is 43.9 Å². The molecule has 0 radical (unpaired) electrons. The van der Waals surface area contributed by atoms with E-state index in [0.29, 0.717) is 6.54 Å². The monoisotopic (exact) mass is 544 g/mol. The minimum absolute atomic E-state index is 0. The number of aromatic nitrogens is 2. The highest BCUT2D eigenvalue weighted by atomic mass is 127. The lowest BCUT2D eigenvalue weighted by Gasteiger charge is -2.22. The van der Waals surface area contributed by atoms with Crippen LogP contribution in [0, 0.1) is 0 Å². The van der Waals surface area contributed by atoms with Gasteiger partial charge in [0.1, 0.15) is 0 Å². The third-order valence-corrected chi connectivity index (χ3v) is 5.62. The number of hydrogen-bond donors (Lipinski definition) is 2. The van der Waals surface area contributed by atoms with Crippen LogP contribution in [0.3, 0.4) is 0 Å². The number of aliphatic imine (C=N–C) groups is 1. The molecule has 1 aliphatic heterocycles. The maximum atomic E-state index is 4.79. The predicted octanol–water partition coefficient (Wildman–Crippen LogP) is 4.91. The minimum Gasteiger partial charge on any atom is -0.372 e. The van der Waals surface area contributed by atoms with Crippen molar-refractivity contribution in [2.45, 2.75) is 39.3 Å². The van der Waals surface area contributed by atoms with Gasteiger partial charge >= 0.3 is 0 Å². The van der Waals surface area contributed by atoms with E-state index in [-0.39, 0.29) is 30.0 Å². The maximum absolute atomic E-state index is 4.79. The van der Waals surface area contributed by atoms with Gasteiger partial charge in [-0.05, 0) is 56.5 Å². The zero-order valence-electron chi connectivity index (χ0n) is 18.9. The predicted molar refractivity (Wildman–Crippen MR) is 143 cm³/mol. The van der Waals surface area contributed by atoms with E-state index in [9.17, 15) is 0 Å². The molecule has 0 amide bonds. The van der Waals surface area contributed by atoms with Gasteiger partial charge in [0.25, 0.3) is 0 Å². The molecule has 1 saturated heterocycles. The highest BCUT2D eigenvalue weighted by molar-refractivity contribution is 14.0. The lowest BCUT2D eigenvalue weighted by molar-refractivity contribution is 0.686. The van der Waals surface area contributed by atoms with E-state index in [4.69, 9.17) is 4.99 Å². The van der Waals surface area contributed by atoms with Gasteiger partial charge in [0.05, 0.1) is 24.5 Å². The number of hydrogen-bond acceptors (Lipinski definition) is 3. The molecule has 2 aromatic carbocycles. The molecule has 1 atom stereocenters. The zero-order chi connectivity index (χ0) is 21.5. The summed E-state index contributed by atoms with van der Waals surface area (Å²) < 4.78 is 1.89. The molecule has 0 saturated carbocycles. The lowest BCUT2D eigenvalue weighted by atomic mass is 10.1. The standard InChI is InChI=1S/C25H32N6.HI/c1-3-26-25(27-17-21-18-28-31(19-21)23-11-5-4-6-12-23)29-20(2)22-10-9-13-24(16-22)30-14-7-8-15-30;/h4-6,9-13,16,18-20H,3,7-8,14-15,17H2,1-2H3,(H2,26,27,29);1H. The summed E-state index contributed by atoms with van der Waals surface area (Å²) in [4.78, 5) is 7.26. The Morgan fingerprint density at radius 2 is 1.81 bits per heavy atom. The molecule has 32 heavy (non-hydrogen) atoms. The zero-order valence-corrected chi connectivity index (χ0v) is 21.2. The number of nitrogens with one attached hydrogen (secondary N) is 2. The van der Waals surface area contributed by atoms with Crippen molar-refractivity contribution in [3.8, 4) is 5.69 Å². The second-order valence-electron chi connectivity index (χ2n) is 7.98. The van der Waals surface area contributed by atoms with Gasteiger partial charge < -0.3 is 15.5 Å². The number of nitrogens with zero attached hydrogens (tertiary/aromatic N) is 4. The molecular weight excluding hydrogens is 511 g/mol. The summed E-state index contributed by atoms with van der Waals surface area (Å²) >= 11 is 0. The molecule has 4 rings (SSSR count). The molecule has 0 spiro atoms. The summed E-state index contributed by atoms with van der Waals surface area (Å²) in [6.07, 6.45) is 6.49. The van der Waals surface area contributed by atoms with E-state index in [1.54, 1.807) is 0 Å². The smallest absolute Gasteiger partial charge is 0.192 e. The molecule has 6 nitrogen and oxygen atoms in total. The lowest BCUT2D eigenvalue weighted by Crippen LogP contribution is -2.38. The summed E-state index contributed by atoms with van der Waals surface area (Å²) in [6, 6.07) is 19.1. The third-order valence-electron chi connectivity index (χ3n) is 5.62. The van der Waals surface area contributed by atoms with Gasteiger partial charge in [-0.15, -0.1) is 24.0 Å². The molecule has 170 valence electrons. The van der Waals surface area contributed by atoms with Gasteiger partial charge in [-0.2, -0.15) is 5.10 Å². The van der Waals surface area contributed by atoms with Crippen LogP contribution in [0.2, 0.25) is 0 Å². The fourth-order valence-electron chi connectivity index (χ4n) is 3.91. The van der Waals surface area contributed by atoms with E-state index >= 15 is 0 Å². The Hall–Kier alpha value is -2.55. The van der Waals surface area contributed by atoms with Gasteiger partial charge in [0, 0.05) is 37.1 Å². The van der Waals surface area contributed by atoms with E-state index in [1.165, 1.54) is 24.1 Å². The second-order valence-corrected chi connectivity index (χ2v) is 7.98. The average Bonchev–Trinajstić information content (AvgIpc) is 3.51. The number of rotatable bonds is 7. The summed E-state index contributed by atoms with van der Waals surface area (Å²) in [5.41, 5.74) is 4.71. The summed E-state index contributed by atoms with van der Waals surface area (Å²) in [5, 5.41) is 11.4. The normalized spacial score (nSPS) is 14.7. The first-order valence-electron chi connectivity index (χ1n) is 11.2. The SMILES string of the molecule is CCNC(=NCc1cnn(-c2ccccc2)c1)NC(C)c1cccc(N2CCCC2)c1.I. The van der Waals surface area contributed by atoms with E-state index in [1.807, 2.05) is 47.4 Å². The van der Waals surface area contributed by atoms with Crippen LogP contribution in [0.25, 0.3) is 5.69 Å². The Kier molecular flexibility index (Phi) is 8.96. The van der Waals surface area contributed by atoms with Crippen LogP contribution in [0.5, 0.6) is 0 Å². The van der Waals surface area contributed by atoms with Crippen molar-refractivity contribution in [2.24, 2.45) is 4.99 Å². The molecule has 1 unspecified atom stereocenters. The van der Waals surface area contributed by atoms with Crippen molar-refractivity contribution in [1.82, 2.24) is 20.4 Å². The van der Waals surface area contributed by atoms with E-state index in [2.05, 4.69) is 58.7 Å². The van der Waals surface area contributed by atoms with Crippen molar-refractivity contribution in [3.05, 3.63) is 78.1 Å². The molecule has 3 aromatic rings. The maximum Gasteiger partial charge on any atom is 0.192 e. The van der Waals surface area contributed by atoms with Crippen LogP contribution < -0.4 is 15.5 Å². The molecular formula is C25H33IN6. The van der Waals surface area contributed by atoms with Gasteiger partial charge in [-0.25, -0.2) is 9.67 Å². The van der Waals surface area contributed by atoms with Crippen molar-refractivity contribution in [3.63, 3.8) is 0 Å². The Morgan fingerprint density at radius 1 is 1.06 bits per heavy atom. The molecule has 1 fully saturated rings. The molecule has 1 aromatic heterocycles. The van der Waals surface area contributed by atoms with Crippen LogP contribution in [-0.2, 0) is 6.54 Å². The molecule has 2 N–H and O–H groups in total. The quantitative estimate of drug-likeness (QED) is 0.252. The van der Waals surface area contributed by atoms with Gasteiger partial charge in [0.15, 0.2) is 5.96 Å². The van der Waals surface area contributed by atoms with Crippen molar-refractivity contribution < 1.29 is 0 Å². The Morgan fingerprint density at radius 3 is 2.56 bits per heavy atom. The van der Waals surface area contributed by atoms with Crippen molar-refractivity contribution in [2.75, 3.05) is 24.5 Å². The summed E-state index contributed by atoms with van der Waals surface area (Å²) in [7, 11) is 0. The number of benzene rings is 2. The molecule has 7 heteroatoms. The number of halogens is 1. The molecule has 2 heterocycles. The second kappa shape index (κ2) is 11.9. The van der Waals surface area contributed by atoms with Gasteiger partial charge in [-0.1, -0.05) is 30.3 Å². The average molecular weight is 544 g/mol. The summed E-state index contributed by atoms with van der Waals surface area (Å²) in [6.45, 7) is 7.98. The Balaban J connectivity index is 0.00000289. The van der Waals surface area contributed by atoms with Crippen molar-refractivity contribution >= 4 is 35.6 Å². The first kappa shape index (κ1) is 24.1. The topological polar surface area (TPSA) is 57.5 Å². The first-order valence-corrected chi connectivity index (χ1v) is 11.2. The fourth-order valence-corrected chi connectivity index (χ4v) is 3.91. The van der Waals surface area contributed by atoms with Crippen LogP contribution in [-0.4, -0.2) is 35.4 Å². The largest absolute Gasteiger partial charge is 0.372 e. The molecule has 0 bridgehead atoms. The Labute approximate surface area is 208 Å². The molecule has 1 aliphatic rings. The number of guanidine groups is 1. The Bertz CT molecular complexity index is 994. The molecule has 0 aliphatic carbocycles. The number of para-hydroxylation sites is 1. The first-order chi connectivity index (χ1) is 15.2.